The Balaban J connectivity index is -0.0000000285. The summed E-state index contributed by atoms with van der Waals surface area (Å²) in [6.07, 6.45) is 13.3. The van der Waals surface area contributed by atoms with Crippen LogP contribution in [0.2, 0.25) is 0 Å². The minimum atomic E-state index is -0.0195. The first-order valence-corrected chi connectivity index (χ1v) is 23.2. The molecule has 0 saturated carbocycles. The first kappa shape index (κ1) is 128. The molecule has 4 heteroatoms. The third-order valence-electron chi connectivity index (χ3n) is 9.96. The highest BCUT2D eigenvalue weighted by molar-refractivity contribution is 5.17. The van der Waals surface area contributed by atoms with E-state index in [4.69, 9.17) is 20.1 Å². The molecular formula is C66H162O4. The second-order valence-electron chi connectivity index (χ2n) is 20.2. The van der Waals surface area contributed by atoms with Gasteiger partial charge in [0.15, 0.2) is 0 Å². The largest absolute Gasteiger partial charge is 0.396 e. The molecule has 2 unspecified atom stereocenters. The van der Waals surface area contributed by atoms with Gasteiger partial charge in [-0.25, -0.2) is 0 Å². The zero-order valence-electron chi connectivity index (χ0n) is 42.2. The summed E-state index contributed by atoms with van der Waals surface area (Å²) in [6, 6.07) is 0. The van der Waals surface area contributed by atoms with Crippen molar-refractivity contribution in [3.63, 3.8) is 0 Å². The predicted octanol–water partition coefficient (Wildman–Crippen LogP) is 23.6. The van der Waals surface area contributed by atoms with Gasteiger partial charge in [-0.3, -0.25) is 0 Å². The Morgan fingerprint density at radius 2 is 0.586 bits per heavy atom. The molecule has 2 atom stereocenters. The number of hydrogen-bond acceptors (Lipinski definition) is 4. The van der Waals surface area contributed by atoms with Crippen LogP contribution in [0.5, 0.6) is 0 Å². The Hall–Kier alpha value is -1.04. The van der Waals surface area contributed by atoms with Crippen molar-refractivity contribution in [2.45, 2.75) is 326 Å². The van der Waals surface area contributed by atoms with E-state index in [0.717, 1.165) is 62.2 Å². The van der Waals surface area contributed by atoms with Crippen LogP contribution in [0.3, 0.4) is 0 Å². The summed E-state index contributed by atoms with van der Waals surface area (Å²) in [6.45, 7) is 48.6. The lowest BCUT2D eigenvalue weighted by atomic mass is 9.75. The smallest absolute Gasteiger partial charge is 0.0697 e. The molecule has 3 N–H and O–H groups in total. The molecule has 0 amide bonds. The molecule has 0 heterocycles. The number of ether oxygens (including phenoxy) is 1. The SMILES string of the molecule is C.C.C.C.C.C.C.C.C.C.C.C.C.C.CC(C)CC(C)(C#CC(C)(CCCO)CC(C)C)CCCO.CC(C)CC(C)(C)C#CC(C)(C)CC(C)C.CCC(C)CC.CCC(C)CC.CCOCCO. The first-order chi connectivity index (χ1) is 25.7. The van der Waals surface area contributed by atoms with Gasteiger partial charge in [-0.15, -0.1) is 0 Å². The molecule has 0 aromatic carbocycles. The zero-order valence-corrected chi connectivity index (χ0v) is 42.2. The van der Waals surface area contributed by atoms with Crippen LogP contribution in [0.25, 0.3) is 0 Å². The average molecular weight is 1020 g/mol. The average Bonchev–Trinajstić information content (AvgIpc) is 3.09. The maximum absolute atomic E-state index is 9.15. The Kier molecular flexibility index (Phi) is 140. The van der Waals surface area contributed by atoms with E-state index < -0.39 is 0 Å². The molecule has 0 aromatic heterocycles. The van der Waals surface area contributed by atoms with Crippen molar-refractivity contribution in [3.05, 3.63) is 0 Å². The first-order valence-electron chi connectivity index (χ1n) is 23.2. The van der Waals surface area contributed by atoms with Crippen molar-refractivity contribution in [2.75, 3.05) is 33.0 Å². The molecule has 0 spiro atoms. The molecule has 0 fully saturated rings. The van der Waals surface area contributed by atoms with E-state index in [1.807, 2.05) is 6.92 Å². The number of aliphatic hydroxyl groups is 3. The highest BCUT2D eigenvalue weighted by Gasteiger charge is 2.27. The fourth-order valence-electron chi connectivity index (χ4n) is 6.74. The minimum Gasteiger partial charge on any atom is -0.396 e. The van der Waals surface area contributed by atoms with Crippen LogP contribution in [-0.4, -0.2) is 48.4 Å². The van der Waals surface area contributed by atoms with E-state index in [9.17, 15) is 0 Å². The molecule has 0 aliphatic carbocycles. The lowest BCUT2D eigenvalue weighted by Gasteiger charge is -2.29. The van der Waals surface area contributed by atoms with Crippen molar-refractivity contribution in [2.24, 2.45) is 57.2 Å². The minimum absolute atomic E-state index is 0. The van der Waals surface area contributed by atoms with Gasteiger partial charge in [0.2, 0.25) is 0 Å². The normalized spacial score (nSPS) is 10.8. The zero-order chi connectivity index (χ0) is 45.0. The highest BCUT2D eigenvalue weighted by atomic mass is 16.5. The summed E-state index contributed by atoms with van der Waals surface area (Å²) in [5.74, 6) is 18.6. The molecule has 0 aromatic rings. The van der Waals surface area contributed by atoms with Crippen molar-refractivity contribution >= 4 is 0 Å². The van der Waals surface area contributed by atoms with Crippen molar-refractivity contribution < 1.29 is 20.1 Å². The molecule has 0 rings (SSSR count). The van der Waals surface area contributed by atoms with E-state index in [-0.39, 0.29) is 145 Å². The van der Waals surface area contributed by atoms with Crippen LogP contribution in [0.1, 0.15) is 326 Å². The molecule has 0 bridgehead atoms. The van der Waals surface area contributed by atoms with Gasteiger partial charge in [0.05, 0.1) is 13.2 Å². The predicted molar refractivity (Wildman–Crippen MR) is 347 cm³/mol. The summed E-state index contributed by atoms with van der Waals surface area (Å²) < 4.78 is 4.73. The Bertz CT molecular complexity index is 878. The van der Waals surface area contributed by atoms with Gasteiger partial charge in [-0.1, -0.05) is 250 Å². The van der Waals surface area contributed by atoms with Gasteiger partial charge in [0.1, 0.15) is 0 Å². The number of rotatable bonds is 21. The van der Waals surface area contributed by atoms with Crippen LogP contribution in [0.15, 0.2) is 0 Å². The van der Waals surface area contributed by atoms with Crippen LogP contribution < -0.4 is 0 Å². The third kappa shape index (κ3) is 100. The summed E-state index contributed by atoms with van der Waals surface area (Å²) in [5.41, 5.74) is 0.271. The fourth-order valence-corrected chi connectivity index (χ4v) is 6.74. The molecule has 0 aliphatic heterocycles. The van der Waals surface area contributed by atoms with E-state index in [2.05, 4.69) is 162 Å². The lowest BCUT2D eigenvalue weighted by molar-refractivity contribution is 0.102. The van der Waals surface area contributed by atoms with Crippen molar-refractivity contribution in [1.82, 2.24) is 0 Å². The monoisotopic (exact) mass is 1020 g/mol. The van der Waals surface area contributed by atoms with E-state index >= 15 is 0 Å². The Labute approximate surface area is 458 Å². The maximum Gasteiger partial charge on any atom is 0.0697 e. The van der Waals surface area contributed by atoms with E-state index in [1.165, 1.54) is 38.5 Å². The Morgan fingerprint density at radius 3 is 0.714 bits per heavy atom. The van der Waals surface area contributed by atoms with E-state index in [0.29, 0.717) is 25.0 Å². The van der Waals surface area contributed by atoms with Crippen LogP contribution in [-0.2, 0) is 4.74 Å². The van der Waals surface area contributed by atoms with Crippen molar-refractivity contribution in [1.29, 1.82) is 0 Å². The summed E-state index contributed by atoms with van der Waals surface area (Å²) in [4.78, 5) is 0. The highest BCUT2D eigenvalue weighted by Crippen LogP contribution is 2.35. The third-order valence-corrected chi connectivity index (χ3v) is 9.96. The van der Waals surface area contributed by atoms with Gasteiger partial charge in [-0.2, -0.15) is 0 Å². The second kappa shape index (κ2) is 76.9. The van der Waals surface area contributed by atoms with Gasteiger partial charge >= 0.3 is 0 Å². The molecular weight excluding hydrogens is 857 g/mol. The topological polar surface area (TPSA) is 69.9 Å². The van der Waals surface area contributed by atoms with E-state index in [1.54, 1.807) is 0 Å². The summed E-state index contributed by atoms with van der Waals surface area (Å²) >= 11 is 0. The Morgan fingerprint density at radius 1 is 0.357 bits per heavy atom. The lowest BCUT2D eigenvalue weighted by Crippen LogP contribution is -2.21. The van der Waals surface area contributed by atoms with Gasteiger partial charge in [0.25, 0.3) is 0 Å². The standard InChI is InChI=1S/C20H38O2.C16H30.2C6H14.C4H10O2.14CH4/c1-17(2)15-19(5,9-7-13-21)11-12-20(6,10-8-14-22)16-18(3)4;1-13(2)11-15(5,6)9-10-16(7,8)12-14(3)4;2*1-4-6(3)5-2;1-2-6-4-3-5;;;;;;;;;;;;;;/h17-18,21-22H,7-10,13-16H2,1-6H3;13-14H,11-12H2,1-8H3;2*6H,4-5H2,1-3H3;5H,2-4H2,1H3;14*1H4. The summed E-state index contributed by atoms with van der Waals surface area (Å²) in [7, 11) is 0. The fraction of sp³-hybridized carbons (Fsp3) is 0.939. The van der Waals surface area contributed by atoms with Crippen LogP contribution in [0, 0.1) is 80.8 Å². The van der Waals surface area contributed by atoms with Crippen LogP contribution in [0.4, 0.5) is 0 Å². The van der Waals surface area contributed by atoms with Gasteiger partial charge in [0, 0.05) is 41.5 Å². The number of aliphatic hydroxyl groups excluding tert-OH is 3. The molecule has 4 nitrogen and oxygen atoms in total. The van der Waals surface area contributed by atoms with Gasteiger partial charge in [-0.05, 0) is 135 Å². The second-order valence-corrected chi connectivity index (χ2v) is 20.2. The molecule has 0 radical (unpaired) electrons. The maximum atomic E-state index is 9.15. The van der Waals surface area contributed by atoms with Crippen molar-refractivity contribution in [3.8, 4) is 23.7 Å². The van der Waals surface area contributed by atoms with Crippen LogP contribution >= 0.6 is 0 Å². The molecule has 70 heavy (non-hydrogen) atoms. The van der Waals surface area contributed by atoms with Gasteiger partial charge < -0.3 is 20.1 Å². The quantitative estimate of drug-likeness (QED) is 0.0791. The molecule has 0 saturated heterocycles. The number of hydrogen-bond donors (Lipinski definition) is 3. The molecule has 450 valence electrons. The molecule has 0 aliphatic rings. The summed E-state index contributed by atoms with van der Waals surface area (Å²) in [5, 5.41) is 26.4.